The zero-order valence-corrected chi connectivity index (χ0v) is 18.9. The van der Waals surface area contributed by atoms with Gasteiger partial charge >= 0.3 is 11.9 Å². The average molecular weight is 477 g/mol. The Bertz CT molecular complexity index is 1580. The highest BCUT2D eigenvalue weighted by molar-refractivity contribution is 6.07. The minimum atomic E-state index is -0.679. The number of rotatable bonds is 6. The second-order valence-electron chi connectivity index (χ2n) is 7.52. The van der Waals surface area contributed by atoms with E-state index in [1.54, 1.807) is 32.9 Å². The molecule has 5 heterocycles. The Hall–Kier alpha value is -4.74. The average Bonchev–Trinajstić information content (AvgIpc) is 3.56. The summed E-state index contributed by atoms with van der Waals surface area (Å²) in [6, 6.07) is 4.94. The van der Waals surface area contributed by atoms with Gasteiger partial charge in [-0.25, -0.2) is 19.6 Å². The Morgan fingerprint density at radius 1 is 1.06 bits per heavy atom. The van der Waals surface area contributed by atoms with Crippen LogP contribution in [0.25, 0.3) is 33.7 Å². The number of hydrogen-bond acceptors (Lipinski definition) is 12. The molecule has 2 N–H and O–H groups in total. The van der Waals surface area contributed by atoms with Gasteiger partial charge in [0.05, 0.1) is 34.9 Å². The summed E-state index contributed by atoms with van der Waals surface area (Å²) in [5.74, 6) is -0.436. The number of pyridine rings is 1. The van der Waals surface area contributed by atoms with Crippen molar-refractivity contribution >= 4 is 40.0 Å². The molecule has 0 spiro atoms. The molecule has 0 bridgehead atoms. The lowest BCUT2D eigenvalue weighted by Crippen LogP contribution is -2.10. The van der Waals surface area contributed by atoms with Gasteiger partial charge in [0, 0.05) is 0 Å². The van der Waals surface area contributed by atoms with Gasteiger partial charge in [-0.05, 0) is 39.0 Å². The fourth-order valence-corrected chi connectivity index (χ4v) is 3.71. The van der Waals surface area contributed by atoms with Crippen LogP contribution in [-0.4, -0.2) is 38.7 Å². The van der Waals surface area contributed by atoms with Crippen LogP contribution >= 0.6 is 0 Å². The van der Waals surface area contributed by atoms with Crippen LogP contribution in [0.15, 0.2) is 37.8 Å². The summed E-state index contributed by atoms with van der Waals surface area (Å²) in [6.07, 6.45) is 1.49. The van der Waals surface area contributed by atoms with E-state index in [2.05, 4.69) is 20.1 Å². The van der Waals surface area contributed by atoms with Crippen molar-refractivity contribution in [1.82, 2.24) is 20.1 Å². The Morgan fingerprint density at radius 2 is 1.89 bits per heavy atom. The van der Waals surface area contributed by atoms with Crippen LogP contribution in [0.3, 0.4) is 0 Å². The van der Waals surface area contributed by atoms with Crippen molar-refractivity contribution in [3.63, 3.8) is 0 Å². The van der Waals surface area contributed by atoms with Gasteiger partial charge in [-0.1, -0.05) is 5.16 Å². The third-order valence-corrected chi connectivity index (χ3v) is 5.22. The monoisotopic (exact) mass is 477 g/mol. The molecule has 5 aromatic heterocycles. The number of ether oxygens (including phenoxy) is 2. The normalized spacial score (nSPS) is 11.3. The molecule has 0 atom stereocenters. The van der Waals surface area contributed by atoms with Gasteiger partial charge < -0.3 is 28.6 Å². The van der Waals surface area contributed by atoms with Crippen LogP contribution in [0, 0.1) is 13.8 Å². The Balaban J connectivity index is 1.45. The van der Waals surface area contributed by atoms with Gasteiger partial charge in [-0.3, -0.25) is 0 Å². The third-order valence-electron chi connectivity index (χ3n) is 5.22. The first-order valence-electron chi connectivity index (χ1n) is 10.6. The van der Waals surface area contributed by atoms with Crippen LogP contribution < -0.4 is 5.73 Å². The predicted molar refractivity (Wildman–Crippen MR) is 120 cm³/mol. The van der Waals surface area contributed by atoms with Gasteiger partial charge in [0.1, 0.15) is 22.8 Å². The zero-order chi connectivity index (χ0) is 24.7. The molecule has 0 fully saturated rings. The SMILES string of the molecule is CCOC(=O)c1c(C)oc2nc(COC(=O)c3cc(-c4ccco4)nc4onc(C)c34)nc(N)c12. The first kappa shape index (κ1) is 22.1. The van der Waals surface area contributed by atoms with Crippen LogP contribution in [0.2, 0.25) is 0 Å². The molecule has 178 valence electrons. The fourth-order valence-electron chi connectivity index (χ4n) is 3.71. The molecular weight excluding hydrogens is 458 g/mol. The van der Waals surface area contributed by atoms with E-state index in [1.807, 2.05) is 0 Å². The van der Waals surface area contributed by atoms with E-state index in [0.717, 1.165) is 0 Å². The molecule has 0 unspecified atom stereocenters. The van der Waals surface area contributed by atoms with E-state index in [-0.39, 0.29) is 52.8 Å². The largest absolute Gasteiger partial charge is 0.463 e. The molecule has 5 aromatic rings. The van der Waals surface area contributed by atoms with Crippen LogP contribution in [-0.2, 0) is 16.1 Å². The number of nitrogens with two attached hydrogens (primary N) is 1. The van der Waals surface area contributed by atoms with Crippen molar-refractivity contribution in [2.75, 3.05) is 12.3 Å². The Labute approximate surface area is 197 Å². The maximum atomic E-state index is 13.1. The molecule has 0 saturated carbocycles. The summed E-state index contributed by atoms with van der Waals surface area (Å²) in [5.41, 5.74) is 7.54. The van der Waals surface area contributed by atoms with Crippen molar-refractivity contribution < 1.29 is 32.4 Å². The molecule has 0 aliphatic heterocycles. The van der Waals surface area contributed by atoms with Crippen LogP contribution in [0.4, 0.5) is 5.82 Å². The summed E-state index contributed by atoms with van der Waals surface area (Å²) in [5, 5.41) is 4.56. The van der Waals surface area contributed by atoms with Gasteiger partial charge in [-0.15, -0.1) is 0 Å². The minimum Gasteiger partial charge on any atom is -0.463 e. The molecule has 0 aliphatic rings. The van der Waals surface area contributed by atoms with Gasteiger partial charge in [0.25, 0.3) is 5.71 Å². The van der Waals surface area contributed by atoms with Gasteiger partial charge in [-0.2, -0.15) is 4.98 Å². The van der Waals surface area contributed by atoms with E-state index >= 15 is 0 Å². The van der Waals surface area contributed by atoms with Crippen LogP contribution in [0.1, 0.15) is 44.9 Å². The quantitative estimate of drug-likeness (QED) is 0.352. The first-order chi connectivity index (χ1) is 16.9. The zero-order valence-electron chi connectivity index (χ0n) is 18.9. The van der Waals surface area contributed by atoms with E-state index in [1.165, 1.54) is 12.3 Å². The van der Waals surface area contributed by atoms with Gasteiger partial charge in [0.15, 0.2) is 18.2 Å². The van der Waals surface area contributed by atoms with Crippen molar-refractivity contribution in [2.24, 2.45) is 0 Å². The number of anilines is 1. The third kappa shape index (κ3) is 3.84. The second-order valence-corrected chi connectivity index (χ2v) is 7.52. The lowest BCUT2D eigenvalue weighted by atomic mass is 10.1. The van der Waals surface area contributed by atoms with Crippen LogP contribution in [0.5, 0.6) is 0 Å². The molecule has 0 amide bonds. The number of nitrogen functional groups attached to an aromatic ring is 1. The number of hydrogen-bond donors (Lipinski definition) is 1. The Morgan fingerprint density at radius 3 is 2.63 bits per heavy atom. The Kier molecular flexibility index (Phi) is 5.40. The van der Waals surface area contributed by atoms with E-state index in [4.69, 9.17) is 28.6 Å². The predicted octanol–water partition coefficient (Wildman–Crippen LogP) is 3.75. The smallest absolute Gasteiger partial charge is 0.342 e. The maximum Gasteiger partial charge on any atom is 0.342 e. The molecule has 35 heavy (non-hydrogen) atoms. The summed E-state index contributed by atoms with van der Waals surface area (Å²) in [6.45, 7) is 4.86. The molecule has 0 aliphatic carbocycles. The minimum absolute atomic E-state index is 0.00207. The van der Waals surface area contributed by atoms with Gasteiger partial charge in [0.2, 0.25) is 5.71 Å². The first-order valence-corrected chi connectivity index (χ1v) is 10.6. The fraction of sp³-hybridized carbons (Fsp3) is 0.217. The number of carbonyl (C=O) groups is 2. The van der Waals surface area contributed by atoms with E-state index in [0.29, 0.717) is 28.3 Å². The van der Waals surface area contributed by atoms with Crippen molar-refractivity contribution in [1.29, 1.82) is 0 Å². The molecule has 0 radical (unpaired) electrons. The van der Waals surface area contributed by atoms with Crippen molar-refractivity contribution in [2.45, 2.75) is 27.4 Å². The van der Waals surface area contributed by atoms with Crippen molar-refractivity contribution in [3.05, 3.63) is 52.9 Å². The molecular formula is C23H19N5O7. The standard InChI is InChI=1S/C23H19N5O7/c1-4-31-23(30)17-11(3)34-20-18(17)19(24)26-15(27-20)9-33-22(29)12-8-13(14-6-5-7-32-14)25-21-16(12)10(2)28-35-21/h5-8H,4,9H2,1-3H3,(H2,24,26,27). The maximum absolute atomic E-state index is 13.1. The highest BCUT2D eigenvalue weighted by atomic mass is 16.5. The topological polar surface area (TPSA) is 170 Å². The van der Waals surface area contributed by atoms with E-state index in [9.17, 15) is 9.59 Å². The number of aryl methyl sites for hydroxylation is 2. The number of nitrogens with zero attached hydrogens (tertiary/aromatic N) is 4. The number of carbonyl (C=O) groups excluding carboxylic acids is 2. The molecule has 12 nitrogen and oxygen atoms in total. The molecule has 0 saturated heterocycles. The summed E-state index contributed by atoms with van der Waals surface area (Å²) in [7, 11) is 0. The van der Waals surface area contributed by atoms with E-state index < -0.39 is 11.9 Å². The molecule has 0 aromatic carbocycles. The number of furan rings is 2. The lowest BCUT2D eigenvalue weighted by molar-refractivity contribution is 0.0463. The number of aromatic nitrogens is 4. The number of fused-ring (bicyclic) bond motifs is 2. The van der Waals surface area contributed by atoms with Crippen molar-refractivity contribution in [3.8, 4) is 11.5 Å². The lowest BCUT2D eigenvalue weighted by Gasteiger charge is -2.07. The highest BCUT2D eigenvalue weighted by Crippen LogP contribution is 2.30. The summed E-state index contributed by atoms with van der Waals surface area (Å²) >= 11 is 0. The summed E-state index contributed by atoms with van der Waals surface area (Å²) in [4.78, 5) is 38.1. The molecule has 12 heteroatoms. The highest BCUT2D eigenvalue weighted by Gasteiger charge is 2.25. The number of esters is 2. The summed E-state index contributed by atoms with van der Waals surface area (Å²) < 4.78 is 26.7. The second kappa shape index (κ2) is 8.56. The molecule has 5 rings (SSSR count).